The number of rotatable bonds is 0. The molecule has 0 unspecified atom stereocenters. The van der Waals surface area contributed by atoms with Gasteiger partial charge in [0.25, 0.3) is 0 Å². The van der Waals surface area contributed by atoms with E-state index in [0.717, 1.165) is 0 Å². The molecular formula is C5H5Se. The zero-order valence-electron chi connectivity index (χ0n) is 3.35. The number of allylic oxidation sites excluding steroid dienone is 3. The van der Waals surface area contributed by atoms with Gasteiger partial charge in [-0.1, -0.05) is 0 Å². The Morgan fingerprint density at radius 1 is 1.67 bits per heavy atom. The van der Waals surface area contributed by atoms with E-state index in [4.69, 9.17) is 0 Å². The van der Waals surface area contributed by atoms with Crippen LogP contribution in [0.15, 0.2) is 18.2 Å². The molecule has 0 spiro atoms. The van der Waals surface area contributed by atoms with Crippen LogP contribution in [-0.4, -0.2) is 15.0 Å². The summed E-state index contributed by atoms with van der Waals surface area (Å²) >= 11 is 0.661. The van der Waals surface area contributed by atoms with Crippen molar-refractivity contribution in [2.24, 2.45) is 0 Å². The van der Waals surface area contributed by atoms with Crippen LogP contribution in [0.1, 0.15) is 0 Å². The zero-order valence-corrected chi connectivity index (χ0v) is 5.06. The topological polar surface area (TPSA) is 0 Å². The van der Waals surface area contributed by atoms with Gasteiger partial charge in [-0.25, -0.2) is 0 Å². The summed E-state index contributed by atoms with van der Waals surface area (Å²) in [5, 5.41) is 1.24. The molecule has 1 radical (unpaired) electrons. The molecule has 1 aliphatic heterocycles. The van der Waals surface area contributed by atoms with Crippen molar-refractivity contribution in [1.29, 1.82) is 0 Å². The first-order chi connectivity index (χ1) is 3.00. The van der Waals surface area contributed by atoms with E-state index in [2.05, 4.69) is 11.1 Å². The van der Waals surface area contributed by atoms with Gasteiger partial charge in [-0.2, -0.15) is 0 Å². The summed E-state index contributed by atoms with van der Waals surface area (Å²) in [5.74, 6) is 0. The van der Waals surface area contributed by atoms with Gasteiger partial charge >= 0.3 is 43.5 Å². The summed E-state index contributed by atoms with van der Waals surface area (Å²) < 4.78 is 0. The standard InChI is InChI=1S/C5H5Se/c1-2-4-6-5-3-1/h1-3H,4H2. The summed E-state index contributed by atoms with van der Waals surface area (Å²) in [6.45, 7) is 0. The molecule has 31 valence electrons. The van der Waals surface area contributed by atoms with Crippen LogP contribution in [0.3, 0.4) is 0 Å². The summed E-state index contributed by atoms with van der Waals surface area (Å²) in [5.41, 5.74) is 0. The zero-order chi connectivity index (χ0) is 4.24. The minimum atomic E-state index is 0.661. The van der Waals surface area contributed by atoms with Crippen LogP contribution in [0.25, 0.3) is 0 Å². The number of hydrogen-bond donors (Lipinski definition) is 0. The second kappa shape index (κ2) is 2.22. The summed E-state index contributed by atoms with van der Waals surface area (Å²) in [6, 6.07) is 0. The van der Waals surface area contributed by atoms with E-state index >= 15 is 0 Å². The fraction of sp³-hybridized carbons (Fsp3) is 0.200. The van der Waals surface area contributed by atoms with E-state index in [-0.39, 0.29) is 0 Å². The second-order valence-corrected chi connectivity index (χ2v) is 2.82. The van der Waals surface area contributed by atoms with Crippen molar-refractivity contribution in [3.05, 3.63) is 23.2 Å². The Bertz CT molecular complexity index is 69.9. The molecule has 0 nitrogen and oxygen atoms in total. The van der Waals surface area contributed by atoms with Gasteiger partial charge in [-0.05, 0) is 0 Å². The van der Waals surface area contributed by atoms with Gasteiger partial charge in [0.05, 0.1) is 0 Å². The van der Waals surface area contributed by atoms with Gasteiger partial charge in [-0.3, -0.25) is 0 Å². The molecule has 0 aromatic rings. The molecule has 0 aromatic heterocycles. The molecule has 0 N–H and O–H groups in total. The van der Waals surface area contributed by atoms with E-state index in [1.165, 1.54) is 5.32 Å². The summed E-state index contributed by atoms with van der Waals surface area (Å²) in [4.78, 5) is 3.14. The molecule has 0 aromatic carbocycles. The molecular weight excluding hydrogens is 139 g/mol. The van der Waals surface area contributed by atoms with E-state index in [1.54, 1.807) is 0 Å². The van der Waals surface area contributed by atoms with Crippen LogP contribution in [0.5, 0.6) is 0 Å². The third-order valence-corrected chi connectivity index (χ3v) is 1.95. The van der Waals surface area contributed by atoms with Crippen LogP contribution in [0.2, 0.25) is 5.32 Å². The normalized spacial score (nSPS) is 18.7. The van der Waals surface area contributed by atoms with Gasteiger partial charge in [0.15, 0.2) is 0 Å². The van der Waals surface area contributed by atoms with Gasteiger partial charge < -0.3 is 0 Å². The fourth-order valence-corrected chi connectivity index (χ4v) is 1.31. The minimum absolute atomic E-state index is 0.661. The Hall–Kier alpha value is -0.000519. The molecule has 0 saturated carbocycles. The van der Waals surface area contributed by atoms with Crippen molar-refractivity contribution in [1.82, 2.24) is 0 Å². The average molecular weight is 144 g/mol. The molecule has 1 rings (SSSR count). The number of hydrogen-bond acceptors (Lipinski definition) is 0. The van der Waals surface area contributed by atoms with Crippen LogP contribution in [0.4, 0.5) is 0 Å². The molecule has 0 atom stereocenters. The monoisotopic (exact) mass is 145 g/mol. The Kier molecular flexibility index (Phi) is 1.54. The van der Waals surface area contributed by atoms with Gasteiger partial charge in [0, 0.05) is 0 Å². The molecule has 0 fully saturated rings. The van der Waals surface area contributed by atoms with Crippen LogP contribution < -0.4 is 0 Å². The van der Waals surface area contributed by atoms with Crippen molar-refractivity contribution in [3.8, 4) is 0 Å². The molecule has 0 saturated heterocycles. The Morgan fingerprint density at radius 3 is 2.83 bits per heavy atom. The van der Waals surface area contributed by atoms with E-state index in [9.17, 15) is 0 Å². The third kappa shape index (κ3) is 1.000. The molecule has 6 heavy (non-hydrogen) atoms. The quantitative estimate of drug-likeness (QED) is 0.445. The van der Waals surface area contributed by atoms with Crippen molar-refractivity contribution in [3.63, 3.8) is 0 Å². The molecule has 0 aliphatic carbocycles. The first kappa shape index (κ1) is 4.17. The molecule has 1 heterocycles. The maximum absolute atomic E-state index is 3.14. The van der Waals surface area contributed by atoms with Gasteiger partial charge in [-0.15, -0.1) is 0 Å². The van der Waals surface area contributed by atoms with Crippen molar-refractivity contribution in [2.75, 3.05) is 0 Å². The van der Waals surface area contributed by atoms with Crippen molar-refractivity contribution < 1.29 is 0 Å². The van der Waals surface area contributed by atoms with E-state index < -0.39 is 0 Å². The van der Waals surface area contributed by atoms with Gasteiger partial charge in [0.2, 0.25) is 0 Å². The SMILES string of the molecule is [C]1=CC=CC[Se]1. The summed E-state index contributed by atoms with van der Waals surface area (Å²) in [7, 11) is 0. The predicted octanol–water partition coefficient (Wildman–Crippen LogP) is 0.996. The van der Waals surface area contributed by atoms with Crippen LogP contribution in [-0.2, 0) is 0 Å². The first-order valence-corrected chi connectivity index (χ1v) is 3.92. The Morgan fingerprint density at radius 2 is 2.67 bits per heavy atom. The molecule has 0 bridgehead atoms. The Labute approximate surface area is 44.1 Å². The van der Waals surface area contributed by atoms with Crippen molar-refractivity contribution in [2.45, 2.75) is 5.32 Å². The molecule has 1 heteroatoms. The van der Waals surface area contributed by atoms with Gasteiger partial charge in [0.1, 0.15) is 0 Å². The van der Waals surface area contributed by atoms with Crippen LogP contribution >= 0.6 is 0 Å². The van der Waals surface area contributed by atoms with E-state index in [1.807, 2.05) is 12.2 Å². The third-order valence-electron chi connectivity index (χ3n) is 0.563. The van der Waals surface area contributed by atoms with Crippen molar-refractivity contribution >= 4 is 15.0 Å². The second-order valence-electron chi connectivity index (χ2n) is 1.02. The van der Waals surface area contributed by atoms with Crippen LogP contribution in [0, 0.1) is 4.97 Å². The van der Waals surface area contributed by atoms with E-state index in [0.29, 0.717) is 15.0 Å². The summed E-state index contributed by atoms with van der Waals surface area (Å²) in [6.07, 6.45) is 6.21. The Balaban J connectivity index is 2.46. The average Bonchev–Trinajstić information content (AvgIpc) is 1.72. The molecule has 0 amide bonds. The maximum atomic E-state index is 3.14. The first-order valence-electron chi connectivity index (χ1n) is 1.86. The molecule has 1 aliphatic rings. The fourth-order valence-electron chi connectivity index (χ4n) is 0.307. The predicted molar refractivity (Wildman–Crippen MR) is 27.5 cm³/mol.